The summed E-state index contributed by atoms with van der Waals surface area (Å²) < 4.78 is 0. The zero-order valence-electron chi connectivity index (χ0n) is 10.5. The number of halogens is 2. The van der Waals surface area contributed by atoms with Crippen LogP contribution in [-0.4, -0.2) is 6.21 Å². The molecule has 19 heavy (non-hydrogen) atoms. The molecule has 2 aromatic rings. The predicted molar refractivity (Wildman–Crippen MR) is 82.9 cm³/mol. The van der Waals surface area contributed by atoms with Gasteiger partial charge in [0.2, 0.25) is 0 Å². The van der Waals surface area contributed by atoms with Gasteiger partial charge in [-0.05, 0) is 42.3 Å². The second-order valence-electron chi connectivity index (χ2n) is 4.31. The van der Waals surface area contributed by atoms with Crippen LogP contribution in [0.2, 0.25) is 10.0 Å². The molecule has 0 saturated carbocycles. The smallest absolute Gasteiger partial charge is 0.0443 e. The van der Waals surface area contributed by atoms with Crippen molar-refractivity contribution in [1.82, 2.24) is 0 Å². The fourth-order valence-electron chi connectivity index (χ4n) is 1.77. The molecule has 0 fully saturated rings. The molecule has 0 aliphatic carbocycles. The fourth-order valence-corrected chi connectivity index (χ4v) is 2.07. The molecule has 0 atom stereocenters. The Labute approximate surface area is 122 Å². The van der Waals surface area contributed by atoms with Crippen molar-refractivity contribution >= 4 is 35.1 Å². The molecule has 0 unspecified atom stereocenters. The van der Waals surface area contributed by atoms with Gasteiger partial charge >= 0.3 is 0 Å². The van der Waals surface area contributed by atoms with Gasteiger partial charge in [0.15, 0.2) is 0 Å². The zero-order valence-corrected chi connectivity index (χ0v) is 12.0. The third kappa shape index (κ3) is 3.49. The van der Waals surface area contributed by atoms with Gasteiger partial charge in [0.05, 0.1) is 0 Å². The molecule has 0 heterocycles. The molecular weight excluding hydrogens is 279 g/mol. The molecule has 0 amide bonds. The summed E-state index contributed by atoms with van der Waals surface area (Å²) in [6.07, 6.45) is 1.30. The summed E-state index contributed by atoms with van der Waals surface area (Å²) in [5.41, 5.74) is 3.82. The van der Waals surface area contributed by atoms with Gasteiger partial charge in [0, 0.05) is 34.1 Å². The van der Waals surface area contributed by atoms with Crippen LogP contribution < -0.4 is 5.32 Å². The molecule has 0 aliphatic heterocycles. The van der Waals surface area contributed by atoms with E-state index in [2.05, 4.69) is 5.32 Å². The monoisotopic (exact) mass is 292 g/mol. The molecule has 2 nitrogen and oxygen atoms in total. The number of hydrogen-bond donors (Lipinski definition) is 2. The van der Waals surface area contributed by atoms with Gasteiger partial charge in [-0.1, -0.05) is 35.3 Å². The van der Waals surface area contributed by atoms with Gasteiger partial charge in [-0.25, -0.2) is 0 Å². The van der Waals surface area contributed by atoms with Crippen LogP contribution in [0.15, 0.2) is 36.4 Å². The van der Waals surface area contributed by atoms with Crippen molar-refractivity contribution in [3.63, 3.8) is 0 Å². The van der Waals surface area contributed by atoms with E-state index < -0.39 is 0 Å². The van der Waals surface area contributed by atoms with E-state index in [1.54, 1.807) is 6.07 Å². The molecule has 0 radical (unpaired) electrons. The van der Waals surface area contributed by atoms with Crippen molar-refractivity contribution in [2.24, 2.45) is 0 Å². The van der Waals surface area contributed by atoms with E-state index in [1.807, 2.05) is 37.3 Å². The normalized spacial score (nSPS) is 10.3. The number of nitrogens with one attached hydrogen (secondary N) is 2. The maximum Gasteiger partial charge on any atom is 0.0443 e. The van der Waals surface area contributed by atoms with Crippen molar-refractivity contribution in [3.8, 4) is 0 Å². The standard InChI is InChI=1S/C15H14Cl2N2/c1-10-6-15(12(8-18)7-14(10)17)19-9-11-2-4-13(16)5-3-11/h2-8,18-19H,9H2,1H3. The van der Waals surface area contributed by atoms with E-state index in [0.29, 0.717) is 11.6 Å². The van der Waals surface area contributed by atoms with Gasteiger partial charge in [-0.2, -0.15) is 0 Å². The average molecular weight is 293 g/mol. The van der Waals surface area contributed by atoms with E-state index in [9.17, 15) is 0 Å². The van der Waals surface area contributed by atoms with Crippen LogP contribution in [-0.2, 0) is 6.54 Å². The Balaban J connectivity index is 2.17. The summed E-state index contributed by atoms with van der Waals surface area (Å²) in [5, 5.41) is 12.1. The van der Waals surface area contributed by atoms with E-state index in [-0.39, 0.29) is 0 Å². The number of aryl methyl sites for hydroxylation is 1. The topological polar surface area (TPSA) is 35.9 Å². The van der Waals surface area contributed by atoms with Crippen molar-refractivity contribution < 1.29 is 0 Å². The van der Waals surface area contributed by atoms with Crippen molar-refractivity contribution in [2.75, 3.05) is 5.32 Å². The highest BCUT2D eigenvalue weighted by Gasteiger charge is 2.04. The first-order chi connectivity index (χ1) is 9.10. The van der Waals surface area contributed by atoms with Crippen molar-refractivity contribution in [2.45, 2.75) is 13.5 Å². The molecule has 2 N–H and O–H groups in total. The molecule has 2 aromatic carbocycles. The molecule has 0 bridgehead atoms. The lowest BCUT2D eigenvalue weighted by atomic mass is 10.1. The quantitative estimate of drug-likeness (QED) is 0.772. The second-order valence-corrected chi connectivity index (χ2v) is 5.16. The summed E-state index contributed by atoms with van der Waals surface area (Å²) >= 11 is 11.9. The van der Waals surface area contributed by atoms with Gasteiger partial charge in [-0.15, -0.1) is 0 Å². The fraction of sp³-hybridized carbons (Fsp3) is 0.133. The first-order valence-electron chi connectivity index (χ1n) is 5.89. The minimum atomic E-state index is 0.676. The molecule has 0 spiro atoms. The lowest BCUT2D eigenvalue weighted by Crippen LogP contribution is -2.02. The van der Waals surface area contributed by atoms with Crippen LogP contribution in [0.4, 0.5) is 5.69 Å². The molecule has 0 saturated heterocycles. The number of anilines is 1. The minimum Gasteiger partial charge on any atom is -0.380 e. The summed E-state index contributed by atoms with van der Waals surface area (Å²) in [7, 11) is 0. The van der Waals surface area contributed by atoms with Crippen LogP contribution in [0.25, 0.3) is 0 Å². The van der Waals surface area contributed by atoms with E-state index in [0.717, 1.165) is 27.4 Å². The van der Waals surface area contributed by atoms with Gasteiger partial charge in [0.25, 0.3) is 0 Å². The van der Waals surface area contributed by atoms with E-state index >= 15 is 0 Å². The first-order valence-corrected chi connectivity index (χ1v) is 6.64. The average Bonchev–Trinajstić information content (AvgIpc) is 2.41. The highest BCUT2D eigenvalue weighted by atomic mass is 35.5. The molecule has 98 valence electrons. The number of rotatable bonds is 4. The zero-order chi connectivity index (χ0) is 13.8. The lowest BCUT2D eigenvalue weighted by molar-refractivity contribution is 1.14. The maximum atomic E-state index is 7.42. The Morgan fingerprint density at radius 1 is 1.16 bits per heavy atom. The van der Waals surface area contributed by atoms with Crippen LogP contribution in [0.3, 0.4) is 0 Å². The minimum absolute atomic E-state index is 0.676. The van der Waals surface area contributed by atoms with Gasteiger partial charge < -0.3 is 10.7 Å². The third-order valence-corrected chi connectivity index (χ3v) is 3.54. The largest absolute Gasteiger partial charge is 0.380 e. The van der Waals surface area contributed by atoms with Crippen LogP contribution in [0.5, 0.6) is 0 Å². The van der Waals surface area contributed by atoms with Crippen LogP contribution >= 0.6 is 23.2 Å². The summed E-state index contributed by atoms with van der Waals surface area (Å²) in [6, 6.07) is 11.4. The molecule has 2 rings (SSSR count). The Bertz CT molecular complexity index is 592. The summed E-state index contributed by atoms with van der Waals surface area (Å²) in [5.74, 6) is 0. The highest BCUT2D eigenvalue weighted by molar-refractivity contribution is 6.31. The summed E-state index contributed by atoms with van der Waals surface area (Å²) in [4.78, 5) is 0. The Kier molecular flexibility index (Phi) is 4.46. The Hall–Kier alpha value is -1.51. The first kappa shape index (κ1) is 13.9. The van der Waals surface area contributed by atoms with E-state index in [1.165, 1.54) is 6.21 Å². The maximum absolute atomic E-state index is 7.42. The highest BCUT2D eigenvalue weighted by Crippen LogP contribution is 2.24. The third-order valence-electron chi connectivity index (χ3n) is 2.88. The molecular formula is C15H14Cl2N2. The predicted octanol–water partition coefficient (Wildman–Crippen LogP) is 4.91. The van der Waals surface area contributed by atoms with E-state index in [4.69, 9.17) is 28.6 Å². The molecule has 4 heteroatoms. The van der Waals surface area contributed by atoms with Crippen LogP contribution in [0, 0.1) is 12.3 Å². The lowest BCUT2D eigenvalue weighted by Gasteiger charge is -2.11. The Morgan fingerprint density at radius 3 is 2.47 bits per heavy atom. The van der Waals surface area contributed by atoms with Crippen LogP contribution in [0.1, 0.15) is 16.7 Å². The Morgan fingerprint density at radius 2 is 1.84 bits per heavy atom. The number of benzene rings is 2. The number of hydrogen-bond acceptors (Lipinski definition) is 2. The van der Waals surface area contributed by atoms with Crippen molar-refractivity contribution in [3.05, 3.63) is 63.1 Å². The second kappa shape index (κ2) is 6.09. The van der Waals surface area contributed by atoms with Gasteiger partial charge in [-0.3, -0.25) is 0 Å². The summed E-state index contributed by atoms with van der Waals surface area (Å²) in [6.45, 7) is 2.63. The SMILES string of the molecule is Cc1cc(NCc2ccc(Cl)cc2)c(C=N)cc1Cl. The van der Waals surface area contributed by atoms with Gasteiger partial charge in [0.1, 0.15) is 0 Å². The molecule has 0 aliphatic rings. The van der Waals surface area contributed by atoms with Crippen molar-refractivity contribution in [1.29, 1.82) is 5.41 Å². The molecule has 0 aromatic heterocycles.